The molecular formula is C22H32N4O2S. The summed E-state index contributed by atoms with van der Waals surface area (Å²) in [6.07, 6.45) is 5.76. The summed E-state index contributed by atoms with van der Waals surface area (Å²) < 4.78 is 5.17. The summed E-state index contributed by atoms with van der Waals surface area (Å²) in [6, 6.07) is 7.92. The molecule has 1 aliphatic carbocycles. The molecule has 0 atom stereocenters. The molecule has 2 aromatic rings. The van der Waals surface area contributed by atoms with Gasteiger partial charge in [0.2, 0.25) is 11.1 Å². The van der Waals surface area contributed by atoms with E-state index in [1.165, 1.54) is 31.0 Å². The van der Waals surface area contributed by atoms with Gasteiger partial charge in [-0.25, -0.2) is 4.98 Å². The van der Waals surface area contributed by atoms with Gasteiger partial charge < -0.3 is 10.1 Å². The third kappa shape index (κ3) is 5.75. The number of thioether (sulfide) groups is 1. The minimum atomic E-state index is 0.0593. The lowest BCUT2D eigenvalue weighted by Gasteiger charge is -2.39. The van der Waals surface area contributed by atoms with Crippen LogP contribution in [0.3, 0.4) is 0 Å². The number of carbonyl (C=O) groups is 1. The Labute approximate surface area is 177 Å². The number of ether oxygens (including phenoxy) is 1. The summed E-state index contributed by atoms with van der Waals surface area (Å²) in [7, 11) is 1.64. The minimum Gasteiger partial charge on any atom is -0.497 e. The minimum absolute atomic E-state index is 0.0593. The standard InChI is InChI=1S/C22H32N4O2S/c1-5-22(2,3)16-8-10-17(11-9-16)23-19(27)14-29-21-24-20(25-26-21)15-6-12-18(28-4)13-7-15/h6-7,12-13,16-17H,5,8-11,14H2,1-4H3,(H,23,27)(H,24,25,26). The normalized spacial score (nSPS) is 19.7. The predicted octanol–water partition coefficient (Wildman–Crippen LogP) is 4.68. The first-order valence-electron chi connectivity index (χ1n) is 10.4. The number of carbonyl (C=O) groups excluding carboxylic acids is 1. The lowest BCUT2D eigenvalue weighted by atomic mass is 9.69. The van der Waals surface area contributed by atoms with Crippen molar-refractivity contribution in [3.63, 3.8) is 0 Å². The molecule has 0 bridgehead atoms. The van der Waals surface area contributed by atoms with Crippen molar-refractivity contribution in [3.05, 3.63) is 24.3 Å². The van der Waals surface area contributed by atoms with E-state index in [0.29, 0.717) is 28.2 Å². The van der Waals surface area contributed by atoms with Crippen molar-refractivity contribution in [3.8, 4) is 17.1 Å². The first-order valence-corrected chi connectivity index (χ1v) is 11.4. The average Bonchev–Trinajstić information content (AvgIpc) is 3.22. The molecule has 7 heteroatoms. The number of amides is 1. The number of rotatable bonds is 8. The topological polar surface area (TPSA) is 79.9 Å². The van der Waals surface area contributed by atoms with Crippen LogP contribution in [-0.2, 0) is 4.79 Å². The van der Waals surface area contributed by atoms with Crippen molar-refractivity contribution < 1.29 is 9.53 Å². The Balaban J connectivity index is 1.44. The maximum absolute atomic E-state index is 12.4. The van der Waals surface area contributed by atoms with Gasteiger partial charge in [0.15, 0.2) is 5.82 Å². The molecule has 0 spiro atoms. The Hall–Kier alpha value is -2.02. The molecule has 0 aliphatic heterocycles. The van der Waals surface area contributed by atoms with Crippen LogP contribution in [0.1, 0.15) is 52.9 Å². The molecule has 1 aliphatic rings. The van der Waals surface area contributed by atoms with Gasteiger partial charge in [0.1, 0.15) is 5.75 Å². The van der Waals surface area contributed by atoms with Crippen molar-refractivity contribution >= 4 is 17.7 Å². The zero-order valence-electron chi connectivity index (χ0n) is 17.8. The van der Waals surface area contributed by atoms with Gasteiger partial charge in [-0.05, 0) is 61.3 Å². The van der Waals surface area contributed by atoms with Crippen LogP contribution < -0.4 is 10.1 Å². The molecule has 3 rings (SSSR count). The molecule has 158 valence electrons. The summed E-state index contributed by atoms with van der Waals surface area (Å²) in [5.74, 6) is 2.64. The van der Waals surface area contributed by atoms with Gasteiger partial charge in [0.25, 0.3) is 0 Å². The number of benzene rings is 1. The maximum atomic E-state index is 12.4. The van der Waals surface area contributed by atoms with Crippen LogP contribution in [0.5, 0.6) is 5.75 Å². The molecular weight excluding hydrogens is 384 g/mol. The molecule has 0 saturated heterocycles. The molecule has 1 heterocycles. The number of hydrogen-bond donors (Lipinski definition) is 2. The number of H-pyrrole nitrogens is 1. The summed E-state index contributed by atoms with van der Waals surface area (Å²) >= 11 is 1.36. The summed E-state index contributed by atoms with van der Waals surface area (Å²) in [5.41, 5.74) is 1.33. The van der Waals surface area contributed by atoms with Gasteiger partial charge in [-0.3, -0.25) is 9.89 Å². The van der Waals surface area contributed by atoms with E-state index < -0.39 is 0 Å². The van der Waals surface area contributed by atoms with E-state index >= 15 is 0 Å². The highest BCUT2D eigenvalue weighted by Gasteiger charge is 2.32. The quantitative estimate of drug-likeness (QED) is 0.611. The van der Waals surface area contributed by atoms with Gasteiger partial charge in [0.05, 0.1) is 12.9 Å². The number of hydrogen-bond acceptors (Lipinski definition) is 5. The van der Waals surface area contributed by atoms with Crippen molar-refractivity contribution in [2.45, 2.75) is 64.1 Å². The fourth-order valence-corrected chi connectivity index (χ4v) is 4.51. The summed E-state index contributed by atoms with van der Waals surface area (Å²) in [4.78, 5) is 16.8. The lowest BCUT2D eigenvalue weighted by molar-refractivity contribution is -0.119. The number of nitrogens with one attached hydrogen (secondary N) is 2. The number of aromatic nitrogens is 3. The number of aromatic amines is 1. The van der Waals surface area contributed by atoms with Gasteiger partial charge >= 0.3 is 0 Å². The van der Waals surface area contributed by atoms with Crippen molar-refractivity contribution in [1.82, 2.24) is 20.5 Å². The molecule has 1 aromatic heterocycles. The molecule has 1 amide bonds. The second-order valence-corrected chi connectivity index (χ2v) is 9.38. The highest BCUT2D eigenvalue weighted by atomic mass is 32.2. The van der Waals surface area contributed by atoms with Crippen molar-refractivity contribution in [1.29, 1.82) is 0 Å². The Morgan fingerprint density at radius 3 is 2.55 bits per heavy atom. The average molecular weight is 417 g/mol. The molecule has 29 heavy (non-hydrogen) atoms. The fraction of sp³-hybridized carbons (Fsp3) is 0.591. The van der Waals surface area contributed by atoms with E-state index in [1.807, 2.05) is 24.3 Å². The van der Waals surface area contributed by atoms with Gasteiger partial charge in [0, 0.05) is 11.6 Å². The first kappa shape index (κ1) is 21.7. The van der Waals surface area contributed by atoms with E-state index in [-0.39, 0.29) is 5.91 Å². The van der Waals surface area contributed by atoms with Gasteiger partial charge in [-0.15, -0.1) is 5.10 Å². The van der Waals surface area contributed by atoms with Crippen LogP contribution in [0.4, 0.5) is 0 Å². The Morgan fingerprint density at radius 1 is 1.24 bits per heavy atom. The van der Waals surface area contributed by atoms with Crippen LogP contribution in [0, 0.1) is 11.3 Å². The van der Waals surface area contributed by atoms with E-state index in [0.717, 1.165) is 30.1 Å². The Kier molecular flexibility index (Phi) is 7.22. The molecule has 6 nitrogen and oxygen atoms in total. The van der Waals surface area contributed by atoms with E-state index in [9.17, 15) is 4.79 Å². The van der Waals surface area contributed by atoms with E-state index in [4.69, 9.17) is 4.74 Å². The van der Waals surface area contributed by atoms with Crippen LogP contribution in [-0.4, -0.2) is 40.0 Å². The summed E-state index contributed by atoms with van der Waals surface area (Å²) in [6.45, 7) is 7.00. The maximum Gasteiger partial charge on any atom is 0.230 e. The third-order valence-electron chi connectivity index (χ3n) is 6.27. The van der Waals surface area contributed by atoms with Gasteiger partial charge in [-0.1, -0.05) is 39.0 Å². The molecule has 0 radical (unpaired) electrons. The monoisotopic (exact) mass is 416 g/mol. The van der Waals surface area contributed by atoms with E-state index in [1.54, 1.807) is 7.11 Å². The van der Waals surface area contributed by atoms with Gasteiger partial charge in [-0.2, -0.15) is 0 Å². The van der Waals surface area contributed by atoms with Crippen molar-refractivity contribution in [2.75, 3.05) is 12.9 Å². The SMILES string of the molecule is CCC(C)(C)C1CCC(NC(=O)CSc2n[nH]c(-c3ccc(OC)cc3)n2)CC1. The smallest absolute Gasteiger partial charge is 0.230 e. The Morgan fingerprint density at radius 2 is 1.93 bits per heavy atom. The highest BCUT2D eigenvalue weighted by molar-refractivity contribution is 7.99. The highest BCUT2D eigenvalue weighted by Crippen LogP contribution is 2.40. The summed E-state index contributed by atoms with van der Waals surface area (Å²) in [5, 5.41) is 10.9. The lowest BCUT2D eigenvalue weighted by Crippen LogP contribution is -2.40. The van der Waals surface area contributed by atoms with Crippen LogP contribution in [0.15, 0.2) is 29.4 Å². The second-order valence-electron chi connectivity index (χ2n) is 8.44. The second kappa shape index (κ2) is 9.65. The van der Waals surface area contributed by atoms with Crippen molar-refractivity contribution in [2.24, 2.45) is 11.3 Å². The molecule has 1 aromatic carbocycles. The van der Waals surface area contributed by atoms with E-state index in [2.05, 4.69) is 41.3 Å². The zero-order chi connectivity index (χ0) is 20.9. The largest absolute Gasteiger partial charge is 0.497 e. The fourth-order valence-electron chi connectivity index (χ4n) is 3.90. The number of nitrogens with zero attached hydrogens (tertiary/aromatic N) is 2. The molecule has 2 N–H and O–H groups in total. The molecule has 1 saturated carbocycles. The molecule has 1 fully saturated rings. The van der Waals surface area contributed by atoms with Crippen LogP contribution in [0.25, 0.3) is 11.4 Å². The Bertz CT molecular complexity index is 795. The number of methoxy groups -OCH3 is 1. The molecule has 0 unspecified atom stereocenters. The van der Waals surface area contributed by atoms with Crippen LogP contribution in [0.2, 0.25) is 0 Å². The predicted molar refractivity (Wildman–Crippen MR) is 117 cm³/mol. The van der Waals surface area contributed by atoms with Crippen LogP contribution >= 0.6 is 11.8 Å². The third-order valence-corrected chi connectivity index (χ3v) is 7.12. The first-order chi connectivity index (χ1) is 13.9. The zero-order valence-corrected chi connectivity index (χ0v) is 18.6.